The summed E-state index contributed by atoms with van der Waals surface area (Å²) in [4.78, 5) is 10.4. The molecule has 2 unspecified atom stereocenters. The molecule has 1 saturated heterocycles. The van der Waals surface area contributed by atoms with Gasteiger partial charge in [-0.1, -0.05) is 19.3 Å². The fraction of sp³-hybridized carbons (Fsp3) is 0.917. The van der Waals surface area contributed by atoms with Gasteiger partial charge in [0.05, 0.1) is 12.7 Å². The summed E-state index contributed by atoms with van der Waals surface area (Å²) >= 11 is 0. The Balaban J connectivity index is 1.72. The van der Waals surface area contributed by atoms with Gasteiger partial charge in [0.25, 0.3) is 0 Å². The Hall–Kier alpha value is -0.610. The van der Waals surface area contributed by atoms with Gasteiger partial charge < -0.3 is 14.6 Å². The third-order valence-corrected chi connectivity index (χ3v) is 3.49. The number of ether oxygens (including phenoxy) is 2. The van der Waals surface area contributed by atoms with E-state index in [9.17, 15) is 4.79 Å². The van der Waals surface area contributed by atoms with Crippen molar-refractivity contribution in [1.29, 1.82) is 0 Å². The molecular formula is C12H20O4. The fourth-order valence-electron chi connectivity index (χ4n) is 2.56. The van der Waals surface area contributed by atoms with E-state index >= 15 is 0 Å². The van der Waals surface area contributed by atoms with Crippen LogP contribution in [0.25, 0.3) is 0 Å². The second-order valence-corrected chi connectivity index (χ2v) is 4.79. The van der Waals surface area contributed by atoms with E-state index < -0.39 is 5.97 Å². The smallest absolute Gasteiger partial charge is 0.303 e. The van der Waals surface area contributed by atoms with Crippen LogP contribution in [-0.2, 0) is 14.3 Å². The van der Waals surface area contributed by atoms with Crippen LogP contribution in [0.4, 0.5) is 0 Å². The summed E-state index contributed by atoms with van der Waals surface area (Å²) in [5, 5.41) is 8.59. The van der Waals surface area contributed by atoms with Crippen molar-refractivity contribution in [2.24, 2.45) is 5.92 Å². The van der Waals surface area contributed by atoms with Gasteiger partial charge in [-0.3, -0.25) is 4.79 Å². The first-order valence-electron chi connectivity index (χ1n) is 6.24. The minimum absolute atomic E-state index is 0.0111. The van der Waals surface area contributed by atoms with Crippen molar-refractivity contribution < 1.29 is 19.4 Å². The van der Waals surface area contributed by atoms with Crippen LogP contribution >= 0.6 is 0 Å². The Labute approximate surface area is 95.9 Å². The molecule has 2 aliphatic rings. The highest BCUT2D eigenvalue weighted by Crippen LogP contribution is 2.32. The van der Waals surface area contributed by atoms with Crippen molar-refractivity contribution in [3.63, 3.8) is 0 Å². The Kier molecular flexibility index (Phi) is 4.18. The lowest BCUT2D eigenvalue weighted by Crippen LogP contribution is -2.24. The number of aliphatic carboxylic acids is 1. The molecule has 0 bridgehead atoms. The SMILES string of the molecule is O=C(O)CCC1COC(C2CCCCC2)O1. The third kappa shape index (κ3) is 3.19. The molecule has 2 atom stereocenters. The molecule has 1 heterocycles. The summed E-state index contributed by atoms with van der Waals surface area (Å²) in [6, 6.07) is 0. The van der Waals surface area contributed by atoms with E-state index in [1.807, 2.05) is 0 Å². The first-order chi connectivity index (χ1) is 7.75. The number of rotatable bonds is 4. The van der Waals surface area contributed by atoms with E-state index in [1.165, 1.54) is 32.1 Å². The average Bonchev–Trinajstić information content (AvgIpc) is 2.76. The zero-order chi connectivity index (χ0) is 11.4. The summed E-state index contributed by atoms with van der Waals surface area (Å²) in [5.74, 6) is -0.228. The predicted molar refractivity (Wildman–Crippen MR) is 58.1 cm³/mol. The molecule has 0 radical (unpaired) electrons. The number of hydrogen-bond acceptors (Lipinski definition) is 3. The van der Waals surface area contributed by atoms with E-state index in [-0.39, 0.29) is 18.8 Å². The minimum Gasteiger partial charge on any atom is -0.481 e. The molecule has 16 heavy (non-hydrogen) atoms. The lowest BCUT2D eigenvalue weighted by molar-refractivity contribution is -0.138. The van der Waals surface area contributed by atoms with Crippen molar-refractivity contribution >= 4 is 5.97 Å². The number of carboxylic acids is 1. The zero-order valence-electron chi connectivity index (χ0n) is 9.56. The van der Waals surface area contributed by atoms with Crippen molar-refractivity contribution in [1.82, 2.24) is 0 Å². The molecule has 0 aromatic heterocycles. The van der Waals surface area contributed by atoms with Crippen molar-refractivity contribution in [2.75, 3.05) is 6.61 Å². The maximum atomic E-state index is 10.4. The second kappa shape index (κ2) is 5.64. The molecule has 0 spiro atoms. The monoisotopic (exact) mass is 228 g/mol. The summed E-state index contributed by atoms with van der Waals surface area (Å²) in [5.41, 5.74) is 0. The third-order valence-electron chi connectivity index (χ3n) is 3.49. The molecule has 1 aliphatic heterocycles. The van der Waals surface area contributed by atoms with Gasteiger partial charge in [0.15, 0.2) is 6.29 Å². The largest absolute Gasteiger partial charge is 0.481 e. The van der Waals surface area contributed by atoms with Gasteiger partial charge in [0.1, 0.15) is 0 Å². The normalized spacial score (nSPS) is 31.8. The van der Waals surface area contributed by atoms with E-state index in [2.05, 4.69) is 0 Å². The quantitative estimate of drug-likeness (QED) is 0.801. The highest BCUT2D eigenvalue weighted by molar-refractivity contribution is 5.66. The van der Waals surface area contributed by atoms with Crippen LogP contribution in [0.15, 0.2) is 0 Å². The fourth-order valence-corrected chi connectivity index (χ4v) is 2.56. The standard InChI is InChI=1S/C12H20O4/c13-11(14)7-6-10-8-15-12(16-10)9-4-2-1-3-5-9/h9-10,12H,1-8H2,(H,13,14). The molecule has 92 valence electrons. The minimum atomic E-state index is -0.760. The molecule has 2 rings (SSSR count). The Morgan fingerprint density at radius 3 is 2.69 bits per heavy atom. The molecule has 1 N–H and O–H groups in total. The molecule has 4 heteroatoms. The van der Waals surface area contributed by atoms with Crippen LogP contribution < -0.4 is 0 Å². The van der Waals surface area contributed by atoms with Crippen molar-refractivity contribution in [3.05, 3.63) is 0 Å². The first-order valence-corrected chi connectivity index (χ1v) is 6.24. The molecule has 0 aromatic rings. The summed E-state index contributed by atoms with van der Waals surface area (Å²) < 4.78 is 11.4. The molecule has 4 nitrogen and oxygen atoms in total. The maximum Gasteiger partial charge on any atom is 0.303 e. The topological polar surface area (TPSA) is 55.8 Å². The van der Waals surface area contributed by atoms with Gasteiger partial charge in [-0.2, -0.15) is 0 Å². The van der Waals surface area contributed by atoms with Gasteiger partial charge in [-0.25, -0.2) is 0 Å². The molecule has 1 aliphatic carbocycles. The summed E-state index contributed by atoms with van der Waals surface area (Å²) in [7, 11) is 0. The van der Waals surface area contributed by atoms with Crippen LogP contribution in [-0.4, -0.2) is 30.1 Å². The van der Waals surface area contributed by atoms with Crippen molar-refractivity contribution in [3.8, 4) is 0 Å². The van der Waals surface area contributed by atoms with Gasteiger partial charge in [0, 0.05) is 12.3 Å². The van der Waals surface area contributed by atoms with Gasteiger partial charge in [0.2, 0.25) is 0 Å². The van der Waals surface area contributed by atoms with Crippen molar-refractivity contribution in [2.45, 2.75) is 57.3 Å². The van der Waals surface area contributed by atoms with E-state index in [0.717, 1.165) is 0 Å². The first kappa shape index (κ1) is 11.9. The molecule has 2 fully saturated rings. The van der Waals surface area contributed by atoms with Crippen LogP contribution in [0.1, 0.15) is 44.9 Å². The lowest BCUT2D eigenvalue weighted by Gasteiger charge is -2.26. The number of carboxylic acid groups (broad SMARTS) is 1. The Morgan fingerprint density at radius 1 is 1.25 bits per heavy atom. The van der Waals surface area contributed by atoms with Crippen LogP contribution in [0.5, 0.6) is 0 Å². The van der Waals surface area contributed by atoms with E-state index in [0.29, 0.717) is 18.9 Å². The molecular weight excluding hydrogens is 208 g/mol. The van der Waals surface area contributed by atoms with Crippen LogP contribution in [0, 0.1) is 5.92 Å². The number of hydrogen-bond donors (Lipinski definition) is 1. The van der Waals surface area contributed by atoms with Crippen LogP contribution in [0.3, 0.4) is 0 Å². The van der Waals surface area contributed by atoms with Gasteiger partial charge >= 0.3 is 5.97 Å². The second-order valence-electron chi connectivity index (χ2n) is 4.79. The Morgan fingerprint density at radius 2 is 2.00 bits per heavy atom. The zero-order valence-corrected chi connectivity index (χ0v) is 9.56. The predicted octanol–water partition coefficient (Wildman–Crippen LogP) is 2.17. The van der Waals surface area contributed by atoms with E-state index in [4.69, 9.17) is 14.6 Å². The average molecular weight is 228 g/mol. The van der Waals surface area contributed by atoms with E-state index in [1.54, 1.807) is 0 Å². The number of carbonyl (C=O) groups is 1. The highest BCUT2D eigenvalue weighted by Gasteiger charge is 2.33. The van der Waals surface area contributed by atoms with Gasteiger partial charge in [-0.05, 0) is 19.3 Å². The Bertz CT molecular complexity index is 235. The molecule has 1 saturated carbocycles. The maximum absolute atomic E-state index is 10.4. The lowest BCUT2D eigenvalue weighted by atomic mass is 9.89. The van der Waals surface area contributed by atoms with Gasteiger partial charge in [-0.15, -0.1) is 0 Å². The summed E-state index contributed by atoms with van der Waals surface area (Å²) in [6.45, 7) is 0.564. The highest BCUT2D eigenvalue weighted by atomic mass is 16.7. The van der Waals surface area contributed by atoms with Crippen LogP contribution in [0.2, 0.25) is 0 Å². The summed E-state index contributed by atoms with van der Waals surface area (Å²) in [6.07, 6.45) is 6.91. The molecule has 0 aromatic carbocycles. The molecule has 0 amide bonds.